The first-order valence-corrected chi connectivity index (χ1v) is 8.44. The van der Waals surface area contributed by atoms with Gasteiger partial charge in [-0.3, -0.25) is 4.79 Å². The molecular weight excluding hydrogens is 379 g/mol. The van der Waals surface area contributed by atoms with Gasteiger partial charge in [-0.15, -0.1) is 0 Å². The molecule has 0 N–H and O–H groups in total. The van der Waals surface area contributed by atoms with Crippen LogP contribution in [0.4, 0.5) is 30.7 Å². The second kappa shape index (κ2) is 6.98. The van der Waals surface area contributed by atoms with Crippen molar-refractivity contribution in [3.8, 4) is 0 Å². The molecule has 0 radical (unpaired) electrons. The lowest BCUT2D eigenvalue weighted by Crippen LogP contribution is -2.50. The van der Waals surface area contributed by atoms with Crippen molar-refractivity contribution in [1.29, 1.82) is 0 Å². The predicted molar refractivity (Wildman–Crippen MR) is 84.9 cm³/mol. The molecule has 2 nitrogen and oxygen atoms in total. The van der Waals surface area contributed by atoms with E-state index in [4.69, 9.17) is 0 Å². The molecule has 0 aromatic heterocycles. The Bertz CT molecular complexity index is 697. The van der Waals surface area contributed by atoms with Gasteiger partial charge in [-0.2, -0.15) is 26.3 Å². The Labute approximate surface area is 152 Å². The van der Waals surface area contributed by atoms with Gasteiger partial charge in [-0.25, -0.2) is 4.39 Å². The van der Waals surface area contributed by atoms with Gasteiger partial charge in [0, 0.05) is 31.5 Å². The number of rotatable bonds is 3. The smallest absolute Gasteiger partial charge is 0.342 e. The average molecular weight is 399 g/mol. The molecule has 0 heterocycles. The molecule has 0 aliphatic heterocycles. The highest BCUT2D eigenvalue weighted by Crippen LogP contribution is 2.54. The molecule has 2 unspecified atom stereocenters. The van der Waals surface area contributed by atoms with Crippen molar-refractivity contribution >= 4 is 5.91 Å². The molecule has 1 aliphatic carbocycles. The number of alkyl halides is 7. The molecule has 9 heteroatoms. The van der Waals surface area contributed by atoms with Gasteiger partial charge in [-0.1, -0.05) is 25.1 Å². The molecule has 2 rings (SSSR count). The third-order valence-corrected chi connectivity index (χ3v) is 5.33. The van der Waals surface area contributed by atoms with E-state index in [0.717, 1.165) is 6.07 Å². The van der Waals surface area contributed by atoms with Gasteiger partial charge >= 0.3 is 18.0 Å². The van der Waals surface area contributed by atoms with Gasteiger partial charge in [0.05, 0.1) is 0 Å². The monoisotopic (exact) mass is 399 g/mol. The number of halogens is 7. The highest BCUT2D eigenvalue weighted by molar-refractivity contribution is 5.73. The zero-order valence-corrected chi connectivity index (χ0v) is 15.0. The standard InChI is InChI=1S/C18H20F7NO/c1-4-13-14-7-6-12(16(19,17(20,21)22)18(23,24)25)9-11(14)5-8-15(13)26(3)10(2)27/h6-7,9,13,15H,4-5,8H2,1-3H3. The average Bonchev–Trinajstić information content (AvgIpc) is 2.56. The molecule has 0 saturated heterocycles. The first-order chi connectivity index (χ1) is 12.3. The van der Waals surface area contributed by atoms with E-state index in [2.05, 4.69) is 0 Å². The number of carbonyl (C=O) groups excluding carboxylic acids is 1. The van der Waals surface area contributed by atoms with Gasteiger partial charge in [0.25, 0.3) is 0 Å². The Morgan fingerprint density at radius 3 is 2.11 bits per heavy atom. The lowest BCUT2D eigenvalue weighted by atomic mass is 9.75. The topological polar surface area (TPSA) is 20.3 Å². The minimum atomic E-state index is -6.13. The molecule has 0 saturated carbocycles. The van der Waals surface area contributed by atoms with Crippen molar-refractivity contribution in [3.05, 3.63) is 34.9 Å². The minimum Gasteiger partial charge on any atom is -0.342 e. The number of amides is 1. The molecule has 2 atom stereocenters. The van der Waals surface area contributed by atoms with E-state index in [1.807, 2.05) is 6.92 Å². The van der Waals surface area contributed by atoms with E-state index < -0.39 is 23.6 Å². The highest BCUT2D eigenvalue weighted by Gasteiger charge is 2.73. The number of fused-ring (bicyclic) bond motifs is 1. The summed E-state index contributed by atoms with van der Waals surface area (Å²) in [7, 11) is 1.61. The first kappa shape index (κ1) is 21.5. The van der Waals surface area contributed by atoms with Gasteiger partial charge in [-0.05, 0) is 30.4 Å². The summed E-state index contributed by atoms with van der Waals surface area (Å²) < 4.78 is 92.2. The second-order valence-corrected chi connectivity index (χ2v) is 6.82. The van der Waals surface area contributed by atoms with Crippen LogP contribution in [-0.4, -0.2) is 36.2 Å². The molecule has 1 amide bonds. The number of benzene rings is 1. The van der Waals surface area contributed by atoms with Crippen LogP contribution in [-0.2, 0) is 16.9 Å². The largest absolute Gasteiger partial charge is 0.435 e. The van der Waals surface area contributed by atoms with E-state index >= 15 is 0 Å². The third kappa shape index (κ3) is 3.52. The maximum Gasteiger partial charge on any atom is 0.435 e. The normalized spacial score (nSPS) is 21.0. The summed E-state index contributed by atoms with van der Waals surface area (Å²) >= 11 is 0. The lowest BCUT2D eigenvalue weighted by molar-refractivity contribution is -0.348. The second-order valence-electron chi connectivity index (χ2n) is 6.82. The fourth-order valence-corrected chi connectivity index (χ4v) is 3.79. The van der Waals surface area contributed by atoms with E-state index in [1.165, 1.54) is 11.8 Å². The molecule has 27 heavy (non-hydrogen) atoms. The fraction of sp³-hybridized carbons (Fsp3) is 0.611. The number of hydrogen-bond donors (Lipinski definition) is 0. The van der Waals surface area contributed by atoms with Crippen molar-refractivity contribution in [2.45, 2.75) is 63.1 Å². The summed E-state index contributed by atoms with van der Waals surface area (Å²) in [5.41, 5.74) is -6.08. The number of carbonyl (C=O) groups is 1. The van der Waals surface area contributed by atoms with E-state index in [-0.39, 0.29) is 29.9 Å². The quantitative estimate of drug-likeness (QED) is 0.635. The Balaban J connectivity index is 2.53. The van der Waals surface area contributed by atoms with Crippen LogP contribution in [0.15, 0.2) is 18.2 Å². The van der Waals surface area contributed by atoms with E-state index in [1.54, 1.807) is 7.05 Å². The predicted octanol–water partition coefficient (Wildman–Crippen LogP) is 5.26. The molecule has 1 aliphatic rings. The van der Waals surface area contributed by atoms with Crippen LogP contribution in [0.25, 0.3) is 0 Å². The Morgan fingerprint density at radius 2 is 1.67 bits per heavy atom. The van der Waals surface area contributed by atoms with Crippen LogP contribution in [0.1, 0.15) is 49.3 Å². The Kier molecular flexibility index (Phi) is 5.56. The third-order valence-electron chi connectivity index (χ3n) is 5.33. The number of aryl methyl sites for hydroxylation is 1. The maximum absolute atomic E-state index is 14.3. The van der Waals surface area contributed by atoms with Crippen molar-refractivity contribution in [3.63, 3.8) is 0 Å². The van der Waals surface area contributed by atoms with E-state index in [9.17, 15) is 35.5 Å². The zero-order valence-electron chi connectivity index (χ0n) is 15.0. The summed E-state index contributed by atoms with van der Waals surface area (Å²) in [6.07, 6.45) is -11.2. The van der Waals surface area contributed by atoms with Crippen molar-refractivity contribution in [1.82, 2.24) is 4.90 Å². The molecule has 0 spiro atoms. The summed E-state index contributed by atoms with van der Waals surface area (Å²) in [5, 5.41) is 0. The maximum atomic E-state index is 14.3. The summed E-state index contributed by atoms with van der Waals surface area (Å²) in [4.78, 5) is 13.2. The molecule has 152 valence electrons. The van der Waals surface area contributed by atoms with Crippen LogP contribution in [0.3, 0.4) is 0 Å². The Hall–Kier alpha value is -1.80. The van der Waals surface area contributed by atoms with Crippen LogP contribution in [0, 0.1) is 0 Å². The van der Waals surface area contributed by atoms with Crippen LogP contribution in [0.5, 0.6) is 0 Å². The first-order valence-electron chi connectivity index (χ1n) is 8.44. The van der Waals surface area contributed by atoms with Crippen molar-refractivity contribution < 1.29 is 35.5 Å². The molecule has 0 fully saturated rings. The molecule has 0 bridgehead atoms. The summed E-state index contributed by atoms with van der Waals surface area (Å²) in [6.45, 7) is 3.20. The minimum absolute atomic E-state index is 0.160. The van der Waals surface area contributed by atoms with Crippen LogP contribution in [0.2, 0.25) is 0 Å². The van der Waals surface area contributed by atoms with Gasteiger partial charge in [0.15, 0.2) is 0 Å². The lowest BCUT2D eigenvalue weighted by Gasteiger charge is -2.39. The van der Waals surface area contributed by atoms with Gasteiger partial charge in [0.2, 0.25) is 5.91 Å². The number of hydrogen-bond acceptors (Lipinski definition) is 1. The fourth-order valence-electron chi connectivity index (χ4n) is 3.79. The van der Waals surface area contributed by atoms with Crippen LogP contribution < -0.4 is 0 Å². The zero-order chi connectivity index (χ0) is 20.8. The Morgan fingerprint density at radius 1 is 1.11 bits per heavy atom. The van der Waals surface area contributed by atoms with Gasteiger partial charge < -0.3 is 4.90 Å². The van der Waals surface area contributed by atoms with Crippen LogP contribution >= 0.6 is 0 Å². The number of nitrogens with zero attached hydrogens (tertiary/aromatic N) is 1. The molecular formula is C18H20F7NO. The molecule has 1 aromatic rings. The summed E-state index contributed by atoms with van der Waals surface area (Å²) in [5.74, 6) is -0.432. The molecule has 1 aromatic carbocycles. The number of likely N-dealkylation sites (N-methyl/N-ethyl adjacent to an activating group) is 1. The highest BCUT2D eigenvalue weighted by atomic mass is 19.4. The summed E-state index contributed by atoms with van der Waals surface area (Å²) in [6, 6.07) is 2.14. The van der Waals surface area contributed by atoms with E-state index in [0.29, 0.717) is 30.5 Å². The SMILES string of the molecule is CCC1c2ccc(C(F)(C(F)(F)F)C(F)(F)F)cc2CCC1N(C)C(C)=O. The van der Waals surface area contributed by atoms with Crippen molar-refractivity contribution in [2.75, 3.05) is 7.05 Å². The van der Waals surface area contributed by atoms with Gasteiger partial charge in [0.1, 0.15) is 0 Å². The van der Waals surface area contributed by atoms with Crippen molar-refractivity contribution in [2.24, 2.45) is 0 Å².